The molecule has 1 amide bonds. The number of rotatable bonds is 3. The van der Waals surface area contributed by atoms with Gasteiger partial charge in [-0.15, -0.1) is 11.3 Å². The Morgan fingerprint density at radius 1 is 1.92 bits per heavy atom. The Hall–Kier alpha value is -0.650. The third-order valence-corrected chi connectivity index (χ3v) is 2.61. The number of aliphatic hydroxyl groups is 1. The number of amides is 1. The summed E-state index contributed by atoms with van der Waals surface area (Å²) < 4.78 is 0. The number of hydrogen-bond acceptors (Lipinski definition) is 4. The highest BCUT2D eigenvalue weighted by atomic mass is 35.5. The molecule has 0 bridgehead atoms. The molecule has 0 aromatic carbocycles. The van der Waals surface area contributed by atoms with Gasteiger partial charge in [0.2, 0.25) is 0 Å². The molecule has 0 radical (unpaired) electrons. The fraction of sp³-hybridized carbons (Fsp3) is 0.429. The summed E-state index contributed by atoms with van der Waals surface area (Å²) in [6.07, 6.45) is 0. The van der Waals surface area contributed by atoms with Gasteiger partial charge in [0, 0.05) is 6.04 Å². The second-order valence-electron chi connectivity index (χ2n) is 2.53. The molecule has 13 heavy (non-hydrogen) atoms. The van der Waals surface area contributed by atoms with E-state index in [2.05, 4.69) is 10.3 Å². The lowest BCUT2D eigenvalue weighted by atomic mass is 10.3. The fourth-order valence-electron chi connectivity index (χ4n) is 0.715. The average Bonchev–Trinajstić information content (AvgIpc) is 2.51. The van der Waals surface area contributed by atoms with Crippen LogP contribution in [-0.2, 0) is 0 Å². The molecule has 0 unspecified atom stereocenters. The van der Waals surface area contributed by atoms with Gasteiger partial charge < -0.3 is 10.4 Å². The molecule has 2 N–H and O–H groups in total. The third kappa shape index (κ3) is 2.65. The summed E-state index contributed by atoms with van der Waals surface area (Å²) in [7, 11) is 0. The second kappa shape index (κ2) is 4.55. The zero-order chi connectivity index (χ0) is 9.84. The molecule has 4 nitrogen and oxygen atoms in total. The summed E-state index contributed by atoms with van der Waals surface area (Å²) in [6.45, 7) is 1.61. The number of aromatic nitrogens is 1. The van der Waals surface area contributed by atoms with Crippen molar-refractivity contribution in [1.29, 1.82) is 0 Å². The number of hydrogen-bond donors (Lipinski definition) is 2. The van der Waals surface area contributed by atoms with E-state index < -0.39 is 0 Å². The minimum atomic E-state index is -0.297. The molecular weight excluding hydrogens is 212 g/mol. The maximum absolute atomic E-state index is 11.4. The molecule has 72 valence electrons. The Labute approximate surface area is 84.6 Å². The van der Waals surface area contributed by atoms with Crippen molar-refractivity contribution in [2.45, 2.75) is 13.0 Å². The molecule has 1 rings (SSSR count). The SMILES string of the molecule is C[C@@H](CO)NC(=O)c1scnc1Cl. The Morgan fingerprint density at radius 3 is 3.08 bits per heavy atom. The van der Waals surface area contributed by atoms with Crippen LogP contribution in [0.5, 0.6) is 0 Å². The Bertz CT molecular complexity index is 302. The molecule has 1 atom stereocenters. The van der Waals surface area contributed by atoms with E-state index in [0.717, 1.165) is 0 Å². The largest absolute Gasteiger partial charge is 0.394 e. The molecule has 0 aliphatic heterocycles. The summed E-state index contributed by atoms with van der Waals surface area (Å²) >= 11 is 6.81. The highest BCUT2D eigenvalue weighted by Gasteiger charge is 2.14. The van der Waals surface area contributed by atoms with E-state index in [0.29, 0.717) is 4.88 Å². The van der Waals surface area contributed by atoms with Crippen LogP contribution in [0, 0.1) is 0 Å². The normalized spacial score (nSPS) is 12.5. The van der Waals surface area contributed by atoms with Crippen LogP contribution in [0.15, 0.2) is 5.51 Å². The standard InChI is InChI=1S/C7H9ClN2O2S/c1-4(2-11)10-7(12)5-6(8)9-3-13-5/h3-4,11H,2H2,1H3,(H,10,12)/t4-/m0/s1. The fourth-order valence-corrected chi connectivity index (χ4v) is 1.62. The van der Waals surface area contributed by atoms with Gasteiger partial charge >= 0.3 is 0 Å². The van der Waals surface area contributed by atoms with Gasteiger partial charge in [0.15, 0.2) is 5.15 Å². The van der Waals surface area contributed by atoms with Gasteiger partial charge in [-0.1, -0.05) is 11.6 Å². The molecular formula is C7H9ClN2O2S. The zero-order valence-corrected chi connectivity index (χ0v) is 8.52. The smallest absolute Gasteiger partial charge is 0.264 e. The van der Waals surface area contributed by atoms with Gasteiger partial charge in [0.05, 0.1) is 12.1 Å². The molecule has 0 fully saturated rings. The first-order valence-electron chi connectivity index (χ1n) is 3.66. The van der Waals surface area contributed by atoms with Crippen LogP contribution in [0.1, 0.15) is 16.6 Å². The highest BCUT2D eigenvalue weighted by Crippen LogP contribution is 2.17. The molecule has 1 aromatic heterocycles. The molecule has 0 aliphatic rings. The van der Waals surface area contributed by atoms with Crippen molar-refractivity contribution >= 4 is 28.8 Å². The van der Waals surface area contributed by atoms with Crippen molar-refractivity contribution in [3.05, 3.63) is 15.5 Å². The van der Waals surface area contributed by atoms with E-state index in [1.807, 2.05) is 0 Å². The van der Waals surface area contributed by atoms with Crippen molar-refractivity contribution in [2.75, 3.05) is 6.61 Å². The molecule has 0 saturated carbocycles. The van der Waals surface area contributed by atoms with Crippen LogP contribution >= 0.6 is 22.9 Å². The van der Waals surface area contributed by atoms with Crippen molar-refractivity contribution in [2.24, 2.45) is 0 Å². The van der Waals surface area contributed by atoms with Gasteiger partial charge in [-0.3, -0.25) is 4.79 Å². The van der Waals surface area contributed by atoms with E-state index >= 15 is 0 Å². The van der Waals surface area contributed by atoms with E-state index in [1.165, 1.54) is 16.8 Å². The minimum absolute atomic E-state index is 0.0951. The van der Waals surface area contributed by atoms with Gasteiger partial charge in [0.25, 0.3) is 5.91 Å². The maximum Gasteiger partial charge on any atom is 0.264 e. The Kier molecular flexibility index (Phi) is 3.65. The van der Waals surface area contributed by atoms with Gasteiger partial charge in [-0.05, 0) is 6.92 Å². The predicted molar refractivity (Wildman–Crippen MR) is 51.1 cm³/mol. The molecule has 6 heteroatoms. The zero-order valence-electron chi connectivity index (χ0n) is 6.95. The summed E-state index contributed by atoms with van der Waals surface area (Å²) in [4.78, 5) is 15.5. The summed E-state index contributed by atoms with van der Waals surface area (Å²) in [5.74, 6) is -0.297. The first-order chi connectivity index (χ1) is 6.15. The van der Waals surface area contributed by atoms with Crippen LogP contribution in [-0.4, -0.2) is 28.6 Å². The van der Waals surface area contributed by atoms with Crippen molar-refractivity contribution < 1.29 is 9.90 Å². The summed E-state index contributed by atoms with van der Waals surface area (Å²) in [6, 6.07) is -0.273. The first kappa shape index (κ1) is 10.4. The number of carbonyl (C=O) groups excluding carboxylic acids is 1. The lowest BCUT2D eigenvalue weighted by molar-refractivity contribution is 0.0926. The predicted octanol–water partition coefficient (Wildman–Crippen LogP) is 0.907. The van der Waals surface area contributed by atoms with E-state index in [4.69, 9.17) is 16.7 Å². The molecule has 0 aliphatic carbocycles. The number of aliphatic hydroxyl groups excluding tert-OH is 1. The number of halogens is 1. The van der Waals surface area contributed by atoms with Crippen LogP contribution in [0.3, 0.4) is 0 Å². The van der Waals surface area contributed by atoms with Crippen LogP contribution in [0.2, 0.25) is 5.15 Å². The highest BCUT2D eigenvalue weighted by molar-refractivity contribution is 7.12. The summed E-state index contributed by atoms with van der Waals surface area (Å²) in [5.41, 5.74) is 1.50. The van der Waals surface area contributed by atoms with Gasteiger partial charge in [-0.25, -0.2) is 4.98 Å². The number of nitrogens with one attached hydrogen (secondary N) is 1. The summed E-state index contributed by atoms with van der Waals surface area (Å²) in [5, 5.41) is 11.5. The number of nitrogens with zero attached hydrogens (tertiary/aromatic N) is 1. The minimum Gasteiger partial charge on any atom is -0.394 e. The van der Waals surface area contributed by atoms with Crippen LogP contribution in [0.25, 0.3) is 0 Å². The Balaban J connectivity index is 2.64. The van der Waals surface area contributed by atoms with Crippen molar-refractivity contribution in [1.82, 2.24) is 10.3 Å². The lowest BCUT2D eigenvalue weighted by Crippen LogP contribution is -2.34. The van der Waals surface area contributed by atoms with Crippen LogP contribution in [0.4, 0.5) is 0 Å². The van der Waals surface area contributed by atoms with E-state index in [-0.39, 0.29) is 23.7 Å². The topological polar surface area (TPSA) is 62.2 Å². The maximum atomic E-state index is 11.4. The molecule has 0 saturated heterocycles. The molecule has 1 heterocycles. The van der Waals surface area contributed by atoms with E-state index in [1.54, 1.807) is 6.92 Å². The second-order valence-corrected chi connectivity index (χ2v) is 3.74. The van der Waals surface area contributed by atoms with Gasteiger partial charge in [0.1, 0.15) is 4.88 Å². The van der Waals surface area contributed by atoms with E-state index in [9.17, 15) is 4.79 Å². The number of thiazole rings is 1. The van der Waals surface area contributed by atoms with Crippen molar-refractivity contribution in [3.8, 4) is 0 Å². The van der Waals surface area contributed by atoms with Crippen molar-refractivity contribution in [3.63, 3.8) is 0 Å². The lowest BCUT2D eigenvalue weighted by Gasteiger charge is -2.08. The number of carbonyl (C=O) groups is 1. The Morgan fingerprint density at radius 2 is 2.62 bits per heavy atom. The molecule has 0 spiro atoms. The monoisotopic (exact) mass is 220 g/mol. The van der Waals surface area contributed by atoms with Crippen LogP contribution < -0.4 is 5.32 Å². The third-order valence-electron chi connectivity index (χ3n) is 1.38. The first-order valence-corrected chi connectivity index (χ1v) is 4.91. The average molecular weight is 221 g/mol. The quantitative estimate of drug-likeness (QED) is 0.796. The van der Waals surface area contributed by atoms with Gasteiger partial charge in [-0.2, -0.15) is 0 Å². The molecule has 1 aromatic rings.